The van der Waals surface area contributed by atoms with E-state index in [1.165, 1.54) is 45.6 Å². The molecule has 4 fully saturated rings. The second kappa shape index (κ2) is 13.9. The summed E-state index contributed by atoms with van der Waals surface area (Å²) in [7, 11) is -33.9. The van der Waals surface area contributed by atoms with Crippen molar-refractivity contribution < 1.29 is 54.1 Å². The van der Waals surface area contributed by atoms with Gasteiger partial charge in [0, 0.05) is 13.2 Å². The fourth-order valence-corrected chi connectivity index (χ4v) is 42.1. The third-order valence-corrected chi connectivity index (χ3v) is 37.0. The van der Waals surface area contributed by atoms with Gasteiger partial charge in [-0.25, -0.2) is 0 Å². The quantitative estimate of drug-likeness (QED) is 0.166. The predicted molar refractivity (Wildman–Crippen MR) is 181 cm³/mol. The molecule has 4 rings (SSSR count). The summed E-state index contributed by atoms with van der Waals surface area (Å²) in [6, 6.07) is 0. The monoisotopic (exact) mass is 762 g/mol. The molecule has 4 atom stereocenters. The van der Waals surface area contributed by atoms with Gasteiger partial charge < -0.3 is 54.1 Å². The highest BCUT2D eigenvalue weighted by Gasteiger charge is 2.78. The summed E-state index contributed by atoms with van der Waals surface area (Å²) in [6.07, 6.45) is 3.03. The minimum atomic E-state index is -4.32. The maximum Gasteiger partial charge on any atom is 0.514 e. The van der Waals surface area contributed by atoms with E-state index in [1.807, 2.05) is 13.8 Å². The lowest BCUT2D eigenvalue weighted by molar-refractivity contribution is 0.00484. The molecule has 248 valence electrons. The fraction of sp³-hybridized carbons (Fsp3) is 0.333. The van der Waals surface area contributed by atoms with Gasteiger partial charge in [-0.1, -0.05) is 39.8 Å². The molecule has 0 spiro atoms. The minimum Gasteiger partial charge on any atom is -0.371 e. The lowest BCUT2D eigenvalue weighted by atomic mass is 10.4. The first-order valence-corrected chi connectivity index (χ1v) is 28.9. The summed E-state index contributed by atoms with van der Waals surface area (Å²) in [5.41, 5.74) is 11.1. The molecule has 4 unspecified atom stereocenters. The van der Waals surface area contributed by atoms with Crippen molar-refractivity contribution in [3.63, 3.8) is 0 Å². The lowest BCUT2D eigenvalue weighted by Crippen LogP contribution is -2.84. The van der Waals surface area contributed by atoms with Crippen molar-refractivity contribution in [3.05, 3.63) is 98.2 Å². The summed E-state index contributed by atoms with van der Waals surface area (Å²) in [4.78, 5) is 0. The van der Waals surface area contributed by atoms with Crippen LogP contribution in [0.4, 0.5) is 0 Å². The average molecular weight is 763 g/mol. The molecule has 4 heterocycles. The Labute approximate surface area is 274 Å². The zero-order valence-electron chi connectivity index (χ0n) is 25.8. The molecule has 45 heavy (non-hydrogen) atoms. The van der Waals surface area contributed by atoms with Crippen molar-refractivity contribution in [2.24, 2.45) is 0 Å². The summed E-state index contributed by atoms with van der Waals surface area (Å²) in [5.74, 6) is 0. The lowest BCUT2D eigenvalue weighted by Gasteiger charge is -2.57. The van der Waals surface area contributed by atoms with Gasteiger partial charge in [-0.2, -0.15) is 0 Å². The predicted octanol–water partition coefficient (Wildman–Crippen LogP) is 4.17. The van der Waals surface area contributed by atoms with Gasteiger partial charge in [-0.05, 0) is 58.4 Å². The fourth-order valence-electron chi connectivity index (χ4n) is 4.47. The molecule has 0 amide bonds. The van der Waals surface area contributed by atoms with Crippen LogP contribution in [0.5, 0.6) is 0 Å². The summed E-state index contributed by atoms with van der Waals surface area (Å²) >= 11 is 0. The molecule has 4 saturated heterocycles. The van der Waals surface area contributed by atoms with Crippen molar-refractivity contribution in [1.82, 2.24) is 0 Å². The van der Waals surface area contributed by atoms with E-state index in [1.54, 1.807) is 0 Å². The van der Waals surface area contributed by atoms with Crippen molar-refractivity contribution in [1.29, 1.82) is 0 Å². The Hall–Kier alpha value is -0.865. The standard InChI is InChI=1S/C24H42O13Si8/c1-11-21-23-25-38(13-3)27-40(15-5)31-42(17-7)29-39(14-4,26-24-22-12-2)30-43(18-8)32-41(16-6,28-38)34-44(19-9,33-40)37-45(20-10,35-42)36-43/h13-20H,3-12,21-24H2,1-2H3. The molecule has 6 bridgehead atoms. The van der Waals surface area contributed by atoms with Gasteiger partial charge in [0.25, 0.3) is 0 Å². The summed E-state index contributed by atoms with van der Waals surface area (Å²) in [6.45, 7) is 36.6. The third-order valence-electron chi connectivity index (χ3n) is 6.73. The molecule has 0 aromatic rings. The molecule has 0 aliphatic carbocycles. The second-order valence-electron chi connectivity index (χ2n) is 9.99. The molecule has 13 nitrogen and oxygen atoms in total. The van der Waals surface area contributed by atoms with Crippen LogP contribution in [0.1, 0.15) is 39.5 Å². The minimum absolute atomic E-state index is 0.247. The summed E-state index contributed by atoms with van der Waals surface area (Å²) < 4.78 is 87.2. The van der Waals surface area contributed by atoms with Gasteiger partial charge in [0.05, 0.1) is 0 Å². The van der Waals surface area contributed by atoms with Crippen LogP contribution in [0.25, 0.3) is 0 Å². The van der Waals surface area contributed by atoms with E-state index in [0.29, 0.717) is 12.8 Å². The van der Waals surface area contributed by atoms with Crippen LogP contribution in [0.3, 0.4) is 0 Å². The Kier molecular flexibility index (Phi) is 11.4. The van der Waals surface area contributed by atoms with E-state index in [4.69, 9.17) is 54.1 Å². The van der Waals surface area contributed by atoms with Crippen molar-refractivity contribution >= 4 is 70.4 Å². The van der Waals surface area contributed by atoms with E-state index in [-0.39, 0.29) is 13.2 Å². The Morgan fingerprint density at radius 3 is 0.778 bits per heavy atom. The second-order valence-corrected chi connectivity index (χ2v) is 32.5. The first kappa shape index (κ1) is 37.0. The molecule has 0 aromatic carbocycles. The topological polar surface area (TPSA) is 120 Å². The van der Waals surface area contributed by atoms with Crippen LogP contribution in [0, 0.1) is 0 Å². The zero-order valence-corrected chi connectivity index (χ0v) is 33.8. The number of unbranched alkanes of at least 4 members (excludes halogenated alkanes) is 2. The van der Waals surface area contributed by atoms with E-state index >= 15 is 0 Å². The third kappa shape index (κ3) is 7.14. The highest BCUT2D eigenvalue weighted by Crippen LogP contribution is 2.47. The number of fused-ring (bicyclic) bond motifs is 4. The maximum atomic E-state index is 6.82. The van der Waals surface area contributed by atoms with E-state index < -0.39 is 70.4 Å². The molecule has 0 N–H and O–H groups in total. The van der Waals surface area contributed by atoms with E-state index in [9.17, 15) is 0 Å². The van der Waals surface area contributed by atoms with Crippen LogP contribution in [-0.4, -0.2) is 83.6 Å². The van der Waals surface area contributed by atoms with Crippen molar-refractivity contribution in [3.8, 4) is 0 Å². The molecule has 4 aliphatic rings. The molecular weight excluding hydrogens is 721 g/mol. The Morgan fingerprint density at radius 2 is 0.600 bits per heavy atom. The van der Waals surface area contributed by atoms with Gasteiger partial charge in [0.15, 0.2) is 0 Å². The summed E-state index contributed by atoms with van der Waals surface area (Å²) in [5, 5.41) is 0. The van der Waals surface area contributed by atoms with Crippen LogP contribution in [0.15, 0.2) is 98.2 Å². The largest absolute Gasteiger partial charge is 0.514 e. The van der Waals surface area contributed by atoms with E-state index in [2.05, 4.69) is 52.6 Å². The SMILES string of the molecule is C=C[Si]1(OCCCC)O[Si]2(C=C)O[Si]3(C=C)O[Si](C=C)(OCCCC)O[Si]4(C=C)O[Si](C=C)(O1)O[Si](C=C)(O2)O[Si](C=C)(O3)O4. The Morgan fingerprint density at radius 1 is 0.378 bits per heavy atom. The van der Waals surface area contributed by atoms with Gasteiger partial charge >= 0.3 is 70.4 Å². The number of rotatable bonds is 16. The highest BCUT2D eigenvalue weighted by molar-refractivity contribution is 7.05. The molecule has 0 saturated carbocycles. The molecular formula is C24H42O13Si8. The zero-order chi connectivity index (χ0) is 33.1. The van der Waals surface area contributed by atoms with Crippen molar-refractivity contribution in [2.75, 3.05) is 13.2 Å². The number of hydrogen-bond acceptors (Lipinski definition) is 13. The maximum absolute atomic E-state index is 6.82. The van der Waals surface area contributed by atoms with Gasteiger partial charge in [0.1, 0.15) is 0 Å². The molecule has 4 aliphatic heterocycles. The van der Waals surface area contributed by atoms with Crippen LogP contribution in [-0.2, 0) is 54.1 Å². The van der Waals surface area contributed by atoms with Crippen LogP contribution in [0.2, 0.25) is 0 Å². The smallest absolute Gasteiger partial charge is 0.371 e. The molecule has 21 heteroatoms. The van der Waals surface area contributed by atoms with E-state index in [0.717, 1.165) is 12.8 Å². The van der Waals surface area contributed by atoms with Gasteiger partial charge in [-0.3, -0.25) is 0 Å². The molecule has 0 aromatic heterocycles. The van der Waals surface area contributed by atoms with Crippen molar-refractivity contribution in [2.45, 2.75) is 39.5 Å². The number of hydrogen-bond donors (Lipinski definition) is 0. The Balaban J connectivity index is 2.10. The first-order valence-electron chi connectivity index (χ1n) is 14.5. The normalized spacial score (nSPS) is 44.0. The Bertz CT molecular complexity index is 1080. The van der Waals surface area contributed by atoms with Gasteiger partial charge in [-0.15, -0.1) is 39.5 Å². The van der Waals surface area contributed by atoms with Crippen LogP contribution >= 0.6 is 0 Å². The van der Waals surface area contributed by atoms with Gasteiger partial charge in [0.2, 0.25) is 0 Å². The average Bonchev–Trinajstić information content (AvgIpc) is 3.01. The molecule has 0 radical (unpaired) electrons. The highest BCUT2D eigenvalue weighted by atomic mass is 28.6. The van der Waals surface area contributed by atoms with Crippen LogP contribution < -0.4 is 0 Å². The first-order chi connectivity index (χ1) is 21.4.